The number of hydrogen-bond acceptors (Lipinski definition) is 6. The molecule has 5 nitrogen and oxygen atoms in total. The van der Waals surface area contributed by atoms with Gasteiger partial charge in [0, 0.05) is 17.9 Å². The summed E-state index contributed by atoms with van der Waals surface area (Å²) in [4.78, 5) is 11.6. The van der Waals surface area contributed by atoms with Crippen molar-refractivity contribution in [3.05, 3.63) is 70.6 Å². The van der Waals surface area contributed by atoms with Crippen molar-refractivity contribution in [2.24, 2.45) is 0 Å². The van der Waals surface area contributed by atoms with E-state index in [0.717, 1.165) is 27.2 Å². The summed E-state index contributed by atoms with van der Waals surface area (Å²) in [7, 11) is 0. The van der Waals surface area contributed by atoms with Crippen LogP contribution in [-0.4, -0.2) is 9.97 Å². The maximum Gasteiger partial charge on any atom is 0.223 e. The van der Waals surface area contributed by atoms with Gasteiger partial charge in [-0.15, -0.1) is 11.3 Å². The van der Waals surface area contributed by atoms with E-state index < -0.39 is 0 Å². The molecule has 3 heterocycles. The number of aromatic nitrogens is 2. The molecular weight excluding hydrogens is 354 g/mol. The highest BCUT2D eigenvalue weighted by molar-refractivity contribution is 7.17. The normalized spacial score (nSPS) is 12.7. The SMILES string of the molecule is Nc1nc(N)c2c(CN3c4ccccc4C=Cc4ccccc43)csc2n1. The van der Waals surface area contributed by atoms with Crippen LogP contribution in [0.15, 0.2) is 53.9 Å². The smallest absolute Gasteiger partial charge is 0.223 e. The number of nitrogens with zero attached hydrogens (tertiary/aromatic N) is 3. The van der Waals surface area contributed by atoms with Gasteiger partial charge in [-0.3, -0.25) is 0 Å². The topological polar surface area (TPSA) is 81.1 Å². The number of hydrogen-bond donors (Lipinski definition) is 2. The zero-order valence-electron chi connectivity index (χ0n) is 14.5. The average molecular weight is 371 g/mol. The highest BCUT2D eigenvalue weighted by atomic mass is 32.1. The van der Waals surface area contributed by atoms with Gasteiger partial charge in [-0.1, -0.05) is 48.6 Å². The lowest BCUT2D eigenvalue weighted by Gasteiger charge is -2.27. The van der Waals surface area contributed by atoms with Crippen LogP contribution >= 0.6 is 11.3 Å². The molecule has 2 aromatic heterocycles. The predicted octanol–water partition coefficient (Wildman–Crippen LogP) is 4.68. The minimum atomic E-state index is 0.211. The Morgan fingerprint density at radius 2 is 1.48 bits per heavy atom. The van der Waals surface area contributed by atoms with Gasteiger partial charge >= 0.3 is 0 Å². The maximum absolute atomic E-state index is 6.17. The molecule has 4 N–H and O–H groups in total. The molecule has 4 aromatic rings. The summed E-state index contributed by atoms with van der Waals surface area (Å²) in [5.41, 5.74) is 17.7. The van der Waals surface area contributed by atoms with Gasteiger partial charge < -0.3 is 16.4 Å². The molecule has 1 aliphatic heterocycles. The van der Waals surface area contributed by atoms with E-state index in [1.807, 2.05) is 0 Å². The molecule has 27 heavy (non-hydrogen) atoms. The number of anilines is 4. The van der Waals surface area contributed by atoms with Crippen LogP contribution in [0.1, 0.15) is 16.7 Å². The van der Waals surface area contributed by atoms with Crippen LogP contribution in [-0.2, 0) is 6.54 Å². The largest absolute Gasteiger partial charge is 0.383 e. The molecule has 0 aliphatic carbocycles. The molecule has 0 radical (unpaired) electrons. The summed E-state index contributed by atoms with van der Waals surface area (Å²) < 4.78 is 0. The first-order chi connectivity index (χ1) is 13.2. The fourth-order valence-electron chi connectivity index (χ4n) is 3.56. The Morgan fingerprint density at radius 1 is 0.852 bits per heavy atom. The molecule has 0 saturated carbocycles. The summed E-state index contributed by atoms with van der Waals surface area (Å²) >= 11 is 1.55. The van der Waals surface area contributed by atoms with Crippen LogP contribution in [0.5, 0.6) is 0 Å². The number of nitrogens with two attached hydrogens (primary N) is 2. The Kier molecular flexibility index (Phi) is 3.58. The third kappa shape index (κ3) is 2.62. The van der Waals surface area contributed by atoms with E-state index >= 15 is 0 Å². The second-order valence-corrected chi connectivity index (χ2v) is 7.30. The molecule has 0 atom stereocenters. The van der Waals surface area contributed by atoms with Crippen molar-refractivity contribution in [3.63, 3.8) is 0 Å². The van der Waals surface area contributed by atoms with Gasteiger partial charge in [-0.25, -0.2) is 4.98 Å². The van der Waals surface area contributed by atoms with Crippen molar-refractivity contribution < 1.29 is 0 Å². The lowest BCUT2D eigenvalue weighted by Crippen LogP contribution is -2.17. The van der Waals surface area contributed by atoms with E-state index in [0.29, 0.717) is 12.4 Å². The number of nitrogen functional groups attached to an aromatic ring is 2. The molecule has 1 aliphatic rings. The zero-order chi connectivity index (χ0) is 18.4. The summed E-state index contributed by atoms with van der Waals surface area (Å²) in [5.74, 6) is 0.645. The molecule has 6 heteroatoms. The van der Waals surface area contributed by atoms with Crippen LogP contribution < -0.4 is 16.4 Å². The van der Waals surface area contributed by atoms with E-state index in [9.17, 15) is 0 Å². The fourth-order valence-corrected chi connectivity index (χ4v) is 4.51. The van der Waals surface area contributed by atoms with Crippen molar-refractivity contribution in [3.8, 4) is 0 Å². The molecular formula is C21H17N5S. The number of fused-ring (bicyclic) bond motifs is 3. The predicted molar refractivity (Wildman–Crippen MR) is 114 cm³/mol. The van der Waals surface area contributed by atoms with E-state index in [1.165, 1.54) is 11.1 Å². The maximum atomic E-state index is 6.17. The van der Waals surface area contributed by atoms with Gasteiger partial charge in [0.1, 0.15) is 10.6 Å². The summed E-state index contributed by atoms with van der Waals surface area (Å²) in [6.45, 7) is 0.674. The molecule has 132 valence electrons. The molecule has 0 bridgehead atoms. The molecule has 5 rings (SSSR count). The Hall–Kier alpha value is -3.38. The lowest BCUT2D eigenvalue weighted by atomic mass is 10.1. The fraction of sp³-hybridized carbons (Fsp3) is 0.0476. The van der Waals surface area contributed by atoms with Crippen LogP contribution in [0, 0.1) is 0 Å². The second kappa shape index (κ2) is 6.10. The number of thiophene rings is 1. The van der Waals surface area contributed by atoms with E-state index in [2.05, 4.69) is 80.9 Å². The van der Waals surface area contributed by atoms with Crippen LogP contribution in [0.2, 0.25) is 0 Å². The molecule has 0 saturated heterocycles. The summed E-state index contributed by atoms with van der Waals surface area (Å²) in [6, 6.07) is 16.8. The molecule has 2 aromatic carbocycles. The third-order valence-corrected chi connectivity index (χ3v) is 5.70. The summed E-state index contributed by atoms with van der Waals surface area (Å²) in [5, 5.41) is 2.99. The lowest BCUT2D eigenvalue weighted by molar-refractivity contribution is 0.986. The van der Waals surface area contributed by atoms with Gasteiger partial charge in [-0.05, 0) is 34.2 Å². The van der Waals surface area contributed by atoms with Crippen molar-refractivity contribution in [1.82, 2.24) is 9.97 Å². The van der Waals surface area contributed by atoms with Gasteiger partial charge in [-0.2, -0.15) is 4.98 Å². The van der Waals surface area contributed by atoms with Gasteiger partial charge in [0.25, 0.3) is 0 Å². The minimum absolute atomic E-state index is 0.211. The third-order valence-electron chi connectivity index (χ3n) is 4.78. The van der Waals surface area contributed by atoms with Gasteiger partial charge in [0.05, 0.1) is 5.39 Å². The molecule has 0 amide bonds. The Balaban J connectivity index is 1.68. The Morgan fingerprint density at radius 3 is 2.15 bits per heavy atom. The first-order valence-electron chi connectivity index (χ1n) is 8.63. The highest BCUT2D eigenvalue weighted by Crippen LogP contribution is 2.39. The monoisotopic (exact) mass is 371 g/mol. The number of para-hydroxylation sites is 2. The van der Waals surface area contributed by atoms with Crippen molar-refractivity contribution in [2.75, 3.05) is 16.4 Å². The van der Waals surface area contributed by atoms with E-state index in [4.69, 9.17) is 11.5 Å². The Labute approximate surface area is 160 Å². The first kappa shape index (κ1) is 15.8. The highest BCUT2D eigenvalue weighted by Gasteiger charge is 2.20. The van der Waals surface area contributed by atoms with Crippen molar-refractivity contribution >= 4 is 56.8 Å². The molecule has 0 spiro atoms. The van der Waals surface area contributed by atoms with Crippen LogP contribution in [0.4, 0.5) is 23.1 Å². The minimum Gasteiger partial charge on any atom is -0.383 e. The van der Waals surface area contributed by atoms with Crippen LogP contribution in [0.25, 0.3) is 22.4 Å². The number of rotatable bonds is 2. The van der Waals surface area contributed by atoms with E-state index in [1.54, 1.807) is 11.3 Å². The second-order valence-electron chi connectivity index (χ2n) is 6.45. The first-order valence-corrected chi connectivity index (χ1v) is 9.51. The molecule has 0 unspecified atom stereocenters. The standard InChI is InChI=1S/C21H17N5S/c22-19-18-15(12-27-20(18)25-21(23)24-19)11-26-16-7-3-1-5-13(16)9-10-14-6-2-4-8-17(14)26/h1-10,12H,11H2,(H4,22,23,24,25). The summed E-state index contributed by atoms with van der Waals surface area (Å²) in [6.07, 6.45) is 4.33. The molecule has 0 fully saturated rings. The average Bonchev–Trinajstić information content (AvgIpc) is 3.00. The van der Waals surface area contributed by atoms with Gasteiger partial charge in [0.15, 0.2) is 0 Å². The van der Waals surface area contributed by atoms with E-state index in [-0.39, 0.29) is 5.95 Å². The van der Waals surface area contributed by atoms with Crippen LogP contribution in [0.3, 0.4) is 0 Å². The quantitative estimate of drug-likeness (QED) is 0.535. The van der Waals surface area contributed by atoms with Gasteiger partial charge in [0.2, 0.25) is 5.95 Å². The number of benzene rings is 2. The van der Waals surface area contributed by atoms with Crippen molar-refractivity contribution in [2.45, 2.75) is 6.54 Å². The zero-order valence-corrected chi connectivity index (χ0v) is 15.3. The van der Waals surface area contributed by atoms with Crippen molar-refractivity contribution in [1.29, 1.82) is 0 Å². The Bertz CT molecular complexity index is 1140.